The summed E-state index contributed by atoms with van der Waals surface area (Å²) in [5.74, 6) is 0.756. The van der Waals surface area contributed by atoms with Gasteiger partial charge in [0.25, 0.3) is 0 Å². The summed E-state index contributed by atoms with van der Waals surface area (Å²) in [6.07, 6.45) is 3.29. The minimum absolute atomic E-state index is 0.560. The van der Waals surface area contributed by atoms with E-state index in [-0.39, 0.29) is 0 Å². The SMILES string of the molecule is C=CCNC(=S)Nc1cccc(Nc2cc(C)ncn2)c1. The molecule has 6 heteroatoms. The summed E-state index contributed by atoms with van der Waals surface area (Å²) >= 11 is 5.18. The first kappa shape index (κ1) is 14.9. The van der Waals surface area contributed by atoms with Crippen molar-refractivity contribution in [2.45, 2.75) is 6.92 Å². The first-order valence-corrected chi connectivity index (χ1v) is 6.89. The van der Waals surface area contributed by atoms with Gasteiger partial charge in [0.15, 0.2) is 5.11 Å². The van der Waals surface area contributed by atoms with Crippen molar-refractivity contribution in [3.63, 3.8) is 0 Å². The number of anilines is 3. The number of nitrogens with zero attached hydrogens (tertiary/aromatic N) is 2. The largest absolute Gasteiger partial charge is 0.359 e. The van der Waals surface area contributed by atoms with Crippen LogP contribution in [0.2, 0.25) is 0 Å². The van der Waals surface area contributed by atoms with Crippen molar-refractivity contribution < 1.29 is 0 Å². The standard InChI is InChI=1S/C15H17N5S/c1-3-7-16-15(21)20-13-6-4-5-12(9-13)19-14-8-11(2)17-10-18-14/h3-6,8-10H,1,7H2,2H3,(H2,16,20,21)(H,17,18,19). The number of rotatable bonds is 5. The minimum atomic E-state index is 0.560. The van der Waals surface area contributed by atoms with Gasteiger partial charge in [-0.2, -0.15) is 0 Å². The molecule has 2 rings (SSSR count). The molecule has 0 aliphatic heterocycles. The van der Waals surface area contributed by atoms with E-state index >= 15 is 0 Å². The zero-order valence-electron chi connectivity index (χ0n) is 11.8. The van der Waals surface area contributed by atoms with E-state index < -0.39 is 0 Å². The van der Waals surface area contributed by atoms with Crippen molar-refractivity contribution in [3.8, 4) is 0 Å². The third-order valence-corrected chi connectivity index (χ3v) is 2.85. The van der Waals surface area contributed by atoms with Gasteiger partial charge in [-0.3, -0.25) is 0 Å². The Balaban J connectivity index is 2.03. The highest BCUT2D eigenvalue weighted by molar-refractivity contribution is 7.80. The van der Waals surface area contributed by atoms with Crippen LogP contribution in [0.15, 0.2) is 49.3 Å². The fourth-order valence-electron chi connectivity index (χ4n) is 1.69. The van der Waals surface area contributed by atoms with E-state index in [2.05, 4.69) is 32.5 Å². The smallest absolute Gasteiger partial charge is 0.171 e. The maximum absolute atomic E-state index is 5.18. The van der Waals surface area contributed by atoms with E-state index in [1.54, 1.807) is 6.08 Å². The molecule has 21 heavy (non-hydrogen) atoms. The van der Waals surface area contributed by atoms with E-state index in [9.17, 15) is 0 Å². The van der Waals surface area contributed by atoms with Gasteiger partial charge in [-0.25, -0.2) is 9.97 Å². The van der Waals surface area contributed by atoms with Crippen molar-refractivity contribution in [3.05, 3.63) is 55.0 Å². The van der Waals surface area contributed by atoms with Gasteiger partial charge in [-0.1, -0.05) is 12.1 Å². The molecule has 108 valence electrons. The minimum Gasteiger partial charge on any atom is -0.359 e. The number of benzene rings is 1. The molecule has 1 aromatic heterocycles. The van der Waals surface area contributed by atoms with Crippen LogP contribution in [0, 0.1) is 6.92 Å². The molecule has 5 nitrogen and oxygen atoms in total. The van der Waals surface area contributed by atoms with Crippen molar-refractivity contribution in [1.29, 1.82) is 0 Å². The fourth-order valence-corrected chi connectivity index (χ4v) is 1.89. The summed E-state index contributed by atoms with van der Waals surface area (Å²) in [6.45, 7) is 6.19. The average molecular weight is 299 g/mol. The quantitative estimate of drug-likeness (QED) is 0.583. The van der Waals surface area contributed by atoms with E-state index in [1.165, 1.54) is 6.33 Å². The molecule has 0 aliphatic carbocycles. The zero-order chi connectivity index (χ0) is 15.1. The van der Waals surface area contributed by atoms with Gasteiger partial charge >= 0.3 is 0 Å². The molecule has 1 aromatic carbocycles. The van der Waals surface area contributed by atoms with Crippen LogP contribution in [0.4, 0.5) is 17.2 Å². The molecule has 3 N–H and O–H groups in total. The van der Waals surface area contributed by atoms with E-state index in [0.717, 1.165) is 22.9 Å². The number of nitrogens with one attached hydrogen (secondary N) is 3. The Bertz CT molecular complexity index is 641. The Morgan fingerprint density at radius 3 is 2.86 bits per heavy atom. The van der Waals surface area contributed by atoms with Crippen molar-refractivity contribution in [1.82, 2.24) is 15.3 Å². The average Bonchev–Trinajstić information content (AvgIpc) is 2.45. The number of aryl methyl sites for hydroxylation is 1. The number of aromatic nitrogens is 2. The third-order valence-electron chi connectivity index (χ3n) is 2.60. The van der Waals surface area contributed by atoms with Gasteiger partial charge < -0.3 is 16.0 Å². The van der Waals surface area contributed by atoms with Crippen LogP contribution in [0.25, 0.3) is 0 Å². The summed E-state index contributed by atoms with van der Waals surface area (Å²) in [7, 11) is 0. The number of thiocarbonyl (C=S) groups is 1. The van der Waals surface area contributed by atoms with Crippen LogP contribution in [-0.2, 0) is 0 Å². The molecule has 0 amide bonds. The highest BCUT2D eigenvalue weighted by Crippen LogP contribution is 2.18. The van der Waals surface area contributed by atoms with E-state index in [4.69, 9.17) is 12.2 Å². The van der Waals surface area contributed by atoms with Gasteiger partial charge in [-0.15, -0.1) is 6.58 Å². The Morgan fingerprint density at radius 1 is 1.29 bits per heavy atom. The summed E-state index contributed by atoms with van der Waals surface area (Å²) in [5.41, 5.74) is 2.73. The van der Waals surface area contributed by atoms with E-state index in [1.807, 2.05) is 37.3 Å². The van der Waals surface area contributed by atoms with E-state index in [0.29, 0.717) is 11.7 Å². The van der Waals surface area contributed by atoms with Crippen molar-refractivity contribution >= 4 is 34.5 Å². The molecule has 0 unspecified atom stereocenters. The predicted octanol–water partition coefficient (Wildman–Crippen LogP) is 3.00. The summed E-state index contributed by atoms with van der Waals surface area (Å²) < 4.78 is 0. The highest BCUT2D eigenvalue weighted by Gasteiger charge is 2.00. The molecule has 0 saturated carbocycles. The van der Waals surface area contributed by atoms with Crippen LogP contribution in [0.5, 0.6) is 0 Å². The molecule has 0 spiro atoms. The van der Waals surface area contributed by atoms with Crippen LogP contribution in [0.1, 0.15) is 5.69 Å². The summed E-state index contributed by atoms with van der Waals surface area (Å²) in [5, 5.41) is 9.92. The fraction of sp³-hybridized carbons (Fsp3) is 0.133. The van der Waals surface area contributed by atoms with Gasteiger partial charge in [0.1, 0.15) is 12.1 Å². The second-order valence-corrected chi connectivity index (χ2v) is 4.78. The van der Waals surface area contributed by atoms with Gasteiger partial charge in [-0.05, 0) is 37.3 Å². The molecule has 0 radical (unpaired) electrons. The lowest BCUT2D eigenvalue weighted by Crippen LogP contribution is -2.28. The lowest BCUT2D eigenvalue weighted by atomic mass is 10.2. The molecule has 0 atom stereocenters. The first-order valence-electron chi connectivity index (χ1n) is 6.49. The second kappa shape index (κ2) is 7.35. The number of hydrogen-bond donors (Lipinski definition) is 3. The van der Waals surface area contributed by atoms with Crippen LogP contribution >= 0.6 is 12.2 Å². The monoisotopic (exact) mass is 299 g/mol. The molecule has 0 bridgehead atoms. The van der Waals surface area contributed by atoms with Gasteiger partial charge in [0.2, 0.25) is 0 Å². The Kier molecular flexibility index (Phi) is 5.22. The molecule has 0 aliphatic rings. The third kappa shape index (κ3) is 4.85. The molecule has 1 heterocycles. The first-order chi connectivity index (χ1) is 10.2. The summed E-state index contributed by atoms with van der Waals surface area (Å²) in [6, 6.07) is 9.69. The lowest BCUT2D eigenvalue weighted by molar-refractivity contribution is 1.06. The van der Waals surface area contributed by atoms with Crippen molar-refractivity contribution in [2.24, 2.45) is 0 Å². The highest BCUT2D eigenvalue weighted by atomic mass is 32.1. The zero-order valence-corrected chi connectivity index (χ0v) is 12.6. The maximum Gasteiger partial charge on any atom is 0.171 e. The van der Waals surface area contributed by atoms with Crippen LogP contribution in [0.3, 0.4) is 0 Å². The Morgan fingerprint density at radius 2 is 2.10 bits per heavy atom. The van der Waals surface area contributed by atoms with Crippen LogP contribution < -0.4 is 16.0 Å². The predicted molar refractivity (Wildman–Crippen MR) is 90.9 cm³/mol. The Labute approximate surface area is 129 Å². The molecule has 2 aromatic rings. The lowest BCUT2D eigenvalue weighted by Gasteiger charge is -2.11. The van der Waals surface area contributed by atoms with Gasteiger partial charge in [0, 0.05) is 29.7 Å². The van der Waals surface area contributed by atoms with Crippen molar-refractivity contribution in [2.75, 3.05) is 17.2 Å². The Hall–Kier alpha value is -2.47. The normalized spacial score (nSPS) is 9.76. The van der Waals surface area contributed by atoms with Gasteiger partial charge in [0.05, 0.1) is 0 Å². The molecular formula is C15H17N5S. The molecule has 0 fully saturated rings. The molecule has 0 saturated heterocycles. The van der Waals surface area contributed by atoms with Crippen LogP contribution in [-0.4, -0.2) is 21.6 Å². The topological polar surface area (TPSA) is 61.9 Å². The number of hydrogen-bond acceptors (Lipinski definition) is 4. The molecular weight excluding hydrogens is 282 g/mol. The summed E-state index contributed by atoms with van der Waals surface area (Å²) in [4.78, 5) is 8.24. The maximum atomic E-state index is 5.18. The second-order valence-electron chi connectivity index (χ2n) is 4.37.